The number of ether oxygens (including phenoxy) is 1. The lowest BCUT2D eigenvalue weighted by molar-refractivity contribution is 0.102. The fourth-order valence-electron chi connectivity index (χ4n) is 2.43. The van der Waals surface area contributed by atoms with E-state index in [4.69, 9.17) is 4.74 Å². The van der Waals surface area contributed by atoms with Crippen molar-refractivity contribution in [1.82, 2.24) is 4.98 Å². The number of aryl methyl sites for hydroxylation is 1. The number of carbonyl (C=O) groups is 1. The maximum absolute atomic E-state index is 13.2. The lowest BCUT2D eigenvalue weighted by Gasteiger charge is -2.10. The Hall–Kier alpha value is -3.02. The summed E-state index contributed by atoms with van der Waals surface area (Å²) in [5.74, 6) is -1.37. The number of rotatable bonds is 3. The molecule has 1 amide bonds. The molecule has 0 bridgehead atoms. The number of hydrogen-bond donors (Lipinski definition) is 1. The number of halogens is 2. The van der Waals surface area contributed by atoms with Gasteiger partial charge < -0.3 is 10.1 Å². The van der Waals surface area contributed by atoms with Crippen molar-refractivity contribution in [3.05, 3.63) is 65.4 Å². The maximum atomic E-state index is 13.2. The van der Waals surface area contributed by atoms with E-state index in [0.717, 1.165) is 29.1 Å². The number of hydrogen-bond acceptors (Lipinski definition) is 3. The SMILES string of the molecule is COc1ccc2nc(C)c(C(=O)Nc3cc(F)cc(F)c3)cc2c1. The zero-order valence-corrected chi connectivity index (χ0v) is 13.1. The smallest absolute Gasteiger partial charge is 0.257 e. The standard InChI is InChI=1S/C18H14F2N2O2/c1-10-16(6-11-5-15(24-2)3-4-17(11)21-10)18(23)22-14-8-12(19)7-13(20)9-14/h3-9H,1-2H3,(H,22,23). The summed E-state index contributed by atoms with van der Waals surface area (Å²) in [5.41, 5.74) is 1.60. The molecule has 3 rings (SSSR count). The van der Waals surface area contributed by atoms with Crippen LogP contribution in [0.25, 0.3) is 10.9 Å². The fraction of sp³-hybridized carbons (Fsp3) is 0.111. The van der Waals surface area contributed by atoms with Gasteiger partial charge in [-0.2, -0.15) is 0 Å². The molecule has 0 aliphatic rings. The van der Waals surface area contributed by atoms with Crippen LogP contribution < -0.4 is 10.1 Å². The Kier molecular flexibility index (Phi) is 4.12. The highest BCUT2D eigenvalue weighted by atomic mass is 19.1. The molecule has 24 heavy (non-hydrogen) atoms. The first kappa shape index (κ1) is 15.9. The number of aromatic nitrogens is 1. The highest BCUT2D eigenvalue weighted by molar-refractivity contribution is 6.06. The number of benzene rings is 2. The molecule has 122 valence electrons. The van der Waals surface area contributed by atoms with Gasteiger partial charge in [0, 0.05) is 17.1 Å². The Morgan fingerprint density at radius 1 is 1.08 bits per heavy atom. The van der Waals surface area contributed by atoms with Gasteiger partial charge in [0.2, 0.25) is 0 Å². The van der Waals surface area contributed by atoms with Gasteiger partial charge in [-0.25, -0.2) is 8.78 Å². The Labute approximate surface area is 137 Å². The first-order valence-corrected chi connectivity index (χ1v) is 7.19. The van der Waals surface area contributed by atoms with Gasteiger partial charge in [-0.1, -0.05) is 0 Å². The molecule has 0 aliphatic carbocycles. The third-order valence-electron chi connectivity index (χ3n) is 3.58. The minimum absolute atomic E-state index is 0.0441. The molecule has 1 N–H and O–H groups in total. The summed E-state index contributed by atoms with van der Waals surface area (Å²) in [6.45, 7) is 1.70. The van der Waals surface area contributed by atoms with Gasteiger partial charge in [0.05, 0.1) is 23.9 Å². The monoisotopic (exact) mass is 328 g/mol. The summed E-state index contributed by atoms with van der Waals surface area (Å²) in [6, 6.07) is 9.85. The third-order valence-corrected chi connectivity index (χ3v) is 3.58. The summed E-state index contributed by atoms with van der Waals surface area (Å²) >= 11 is 0. The van der Waals surface area contributed by atoms with Gasteiger partial charge in [0.15, 0.2) is 0 Å². The number of carbonyl (C=O) groups excluding carboxylic acids is 1. The number of nitrogens with zero attached hydrogens (tertiary/aromatic N) is 1. The summed E-state index contributed by atoms with van der Waals surface area (Å²) < 4.78 is 31.6. The molecule has 2 aromatic carbocycles. The Bertz CT molecular complexity index is 921. The molecule has 1 heterocycles. The van der Waals surface area contributed by atoms with E-state index in [1.54, 1.807) is 38.3 Å². The first-order valence-electron chi connectivity index (χ1n) is 7.19. The average Bonchev–Trinajstić information content (AvgIpc) is 2.52. The van der Waals surface area contributed by atoms with Crippen LogP contribution in [0.2, 0.25) is 0 Å². The second-order valence-electron chi connectivity index (χ2n) is 5.29. The van der Waals surface area contributed by atoms with E-state index in [0.29, 0.717) is 17.0 Å². The normalized spacial score (nSPS) is 10.7. The van der Waals surface area contributed by atoms with Crippen LogP contribution in [0.3, 0.4) is 0 Å². The van der Waals surface area contributed by atoms with Crippen molar-refractivity contribution in [3.63, 3.8) is 0 Å². The average molecular weight is 328 g/mol. The predicted molar refractivity (Wildman–Crippen MR) is 87.3 cm³/mol. The largest absolute Gasteiger partial charge is 0.497 e. The summed E-state index contributed by atoms with van der Waals surface area (Å²) in [7, 11) is 1.55. The number of nitrogens with one attached hydrogen (secondary N) is 1. The van der Waals surface area contributed by atoms with E-state index in [9.17, 15) is 13.6 Å². The number of fused-ring (bicyclic) bond motifs is 1. The quantitative estimate of drug-likeness (QED) is 0.788. The molecule has 4 nitrogen and oxygen atoms in total. The highest BCUT2D eigenvalue weighted by Crippen LogP contribution is 2.23. The second kappa shape index (κ2) is 6.23. The van der Waals surface area contributed by atoms with E-state index in [1.807, 2.05) is 0 Å². The first-order chi connectivity index (χ1) is 11.5. The van der Waals surface area contributed by atoms with Crippen molar-refractivity contribution in [2.24, 2.45) is 0 Å². The van der Waals surface area contributed by atoms with Crippen molar-refractivity contribution in [1.29, 1.82) is 0 Å². The van der Waals surface area contributed by atoms with E-state index < -0.39 is 17.5 Å². The number of methoxy groups -OCH3 is 1. The molecule has 0 saturated carbocycles. The molecule has 3 aromatic rings. The highest BCUT2D eigenvalue weighted by Gasteiger charge is 2.13. The summed E-state index contributed by atoms with van der Waals surface area (Å²) in [6.07, 6.45) is 0. The Morgan fingerprint density at radius 2 is 1.79 bits per heavy atom. The molecule has 0 radical (unpaired) electrons. The van der Waals surface area contributed by atoms with Gasteiger partial charge in [-0.15, -0.1) is 0 Å². The van der Waals surface area contributed by atoms with Crippen molar-refractivity contribution in [2.45, 2.75) is 6.92 Å². The Balaban J connectivity index is 1.97. The van der Waals surface area contributed by atoms with Crippen molar-refractivity contribution >= 4 is 22.5 Å². The van der Waals surface area contributed by atoms with Crippen LogP contribution in [0, 0.1) is 18.6 Å². The Morgan fingerprint density at radius 3 is 2.46 bits per heavy atom. The van der Waals surface area contributed by atoms with Crippen LogP contribution in [0.1, 0.15) is 16.1 Å². The molecule has 0 atom stereocenters. The van der Waals surface area contributed by atoms with Crippen LogP contribution in [0.5, 0.6) is 5.75 Å². The summed E-state index contributed by atoms with van der Waals surface area (Å²) in [4.78, 5) is 16.8. The predicted octanol–water partition coefficient (Wildman–Crippen LogP) is 4.08. The molecule has 6 heteroatoms. The van der Waals surface area contributed by atoms with Crippen LogP contribution in [-0.4, -0.2) is 18.0 Å². The van der Waals surface area contributed by atoms with Crippen LogP contribution >= 0.6 is 0 Å². The van der Waals surface area contributed by atoms with Crippen LogP contribution in [0.15, 0.2) is 42.5 Å². The number of anilines is 1. The van der Waals surface area contributed by atoms with Gasteiger partial charge in [0.1, 0.15) is 17.4 Å². The molecular formula is C18H14F2N2O2. The van der Waals surface area contributed by atoms with E-state index in [2.05, 4.69) is 10.3 Å². The van der Waals surface area contributed by atoms with Crippen LogP contribution in [-0.2, 0) is 0 Å². The molecular weight excluding hydrogens is 314 g/mol. The van der Waals surface area contributed by atoms with E-state index in [-0.39, 0.29) is 5.69 Å². The van der Waals surface area contributed by atoms with Crippen molar-refractivity contribution in [2.75, 3.05) is 12.4 Å². The third kappa shape index (κ3) is 3.17. The fourth-order valence-corrected chi connectivity index (χ4v) is 2.43. The van der Waals surface area contributed by atoms with Gasteiger partial charge in [0.25, 0.3) is 5.91 Å². The molecule has 0 unspecified atom stereocenters. The lowest BCUT2D eigenvalue weighted by Crippen LogP contribution is -2.14. The van der Waals surface area contributed by atoms with Crippen molar-refractivity contribution < 1.29 is 18.3 Å². The number of pyridine rings is 1. The maximum Gasteiger partial charge on any atom is 0.257 e. The molecule has 0 saturated heterocycles. The zero-order valence-electron chi connectivity index (χ0n) is 13.1. The number of amides is 1. The van der Waals surface area contributed by atoms with Gasteiger partial charge in [-0.05, 0) is 43.3 Å². The summed E-state index contributed by atoms with van der Waals surface area (Å²) in [5, 5.41) is 3.22. The molecule has 0 aliphatic heterocycles. The minimum atomic E-state index is -0.761. The van der Waals surface area contributed by atoms with Gasteiger partial charge in [-0.3, -0.25) is 9.78 Å². The molecule has 0 spiro atoms. The zero-order chi connectivity index (χ0) is 17.3. The molecule has 0 fully saturated rings. The lowest BCUT2D eigenvalue weighted by atomic mass is 10.1. The minimum Gasteiger partial charge on any atom is -0.497 e. The van der Waals surface area contributed by atoms with Crippen molar-refractivity contribution in [3.8, 4) is 5.75 Å². The van der Waals surface area contributed by atoms with Crippen LogP contribution in [0.4, 0.5) is 14.5 Å². The van der Waals surface area contributed by atoms with E-state index in [1.165, 1.54) is 0 Å². The second-order valence-corrected chi connectivity index (χ2v) is 5.29. The topological polar surface area (TPSA) is 51.2 Å². The van der Waals surface area contributed by atoms with E-state index >= 15 is 0 Å². The molecule has 1 aromatic heterocycles. The van der Waals surface area contributed by atoms with Gasteiger partial charge >= 0.3 is 0 Å².